The first kappa shape index (κ1) is 11.2. The molecule has 3 heteroatoms. The molecule has 0 fully saturated rings. The molecule has 0 rings (SSSR count). The summed E-state index contributed by atoms with van der Waals surface area (Å²) < 4.78 is 5.23. The largest absolute Gasteiger partial charge is 0.377 e. The van der Waals surface area contributed by atoms with Crippen molar-refractivity contribution in [3.63, 3.8) is 0 Å². The highest BCUT2D eigenvalue weighted by Gasteiger charge is 2.01. The van der Waals surface area contributed by atoms with E-state index in [4.69, 9.17) is 4.74 Å². The Kier molecular flexibility index (Phi) is 6.38. The van der Waals surface area contributed by atoms with E-state index >= 15 is 0 Å². The lowest BCUT2D eigenvalue weighted by Crippen LogP contribution is -2.30. The van der Waals surface area contributed by atoms with Crippen LogP contribution in [-0.4, -0.2) is 25.2 Å². The van der Waals surface area contributed by atoms with Crippen molar-refractivity contribution >= 4 is 5.91 Å². The second kappa shape index (κ2) is 6.85. The Balaban J connectivity index is 3.46. The maximum Gasteiger partial charge on any atom is 0.243 e. The molecule has 0 aliphatic rings. The Morgan fingerprint density at radius 1 is 1.67 bits per heavy atom. The van der Waals surface area contributed by atoms with Crippen LogP contribution in [0, 0.1) is 0 Å². The van der Waals surface area contributed by atoms with Crippen LogP contribution in [0.25, 0.3) is 0 Å². The number of rotatable bonds is 5. The molecule has 0 spiro atoms. The summed E-state index contributed by atoms with van der Waals surface area (Å²) in [5.74, 6) is -0.0657. The van der Waals surface area contributed by atoms with Gasteiger partial charge in [-0.2, -0.15) is 0 Å². The SMILES string of the molecule is C/C=C/C(=O)NCC(C)OCC. The minimum atomic E-state index is -0.0657. The molecule has 0 bridgehead atoms. The van der Waals surface area contributed by atoms with E-state index in [2.05, 4.69) is 5.32 Å². The Labute approximate surface area is 73.8 Å². The number of allylic oxidation sites excluding steroid dienone is 1. The van der Waals surface area contributed by atoms with Crippen molar-refractivity contribution in [3.8, 4) is 0 Å². The number of hydrogen-bond acceptors (Lipinski definition) is 2. The monoisotopic (exact) mass is 171 g/mol. The van der Waals surface area contributed by atoms with Gasteiger partial charge in [0.05, 0.1) is 6.10 Å². The van der Waals surface area contributed by atoms with E-state index in [9.17, 15) is 4.79 Å². The van der Waals surface area contributed by atoms with Crippen molar-refractivity contribution in [3.05, 3.63) is 12.2 Å². The molecule has 0 aromatic rings. The van der Waals surface area contributed by atoms with Gasteiger partial charge in [-0.25, -0.2) is 0 Å². The highest BCUT2D eigenvalue weighted by Crippen LogP contribution is 1.87. The molecule has 0 saturated carbocycles. The van der Waals surface area contributed by atoms with Gasteiger partial charge < -0.3 is 10.1 Å². The second-order valence-corrected chi connectivity index (χ2v) is 2.51. The molecule has 0 aromatic carbocycles. The zero-order chi connectivity index (χ0) is 9.40. The minimum absolute atomic E-state index is 0.0657. The highest BCUT2D eigenvalue weighted by molar-refractivity contribution is 5.87. The van der Waals surface area contributed by atoms with Crippen LogP contribution in [0.15, 0.2) is 12.2 Å². The number of hydrogen-bond donors (Lipinski definition) is 1. The molecule has 12 heavy (non-hydrogen) atoms. The third-order valence-electron chi connectivity index (χ3n) is 1.33. The number of carbonyl (C=O) groups excluding carboxylic acids is 1. The molecular weight excluding hydrogens is 154 g/mol. The average molecular weight is 171 g/mol. The molecule has 1 amide bonds. The van der Waals surface area contributed by atoms with Crippen LogP contribution in [0.5, 0.6) is 0 Å². The predicted octanol–water partition coefficient (Wildman–Crippen LogP) is 1.10. The first-order chi connectivity index (χ1) is 5.70. The van der Waals surface area contributed by atoms with Gasteiger partial charge >= 0.3 is 0 Å². The molecule has 3 nitrogen and oxygen atoms in total. The summed E-state index contributed by atoms with van der Waals surface area (Å²) in [6.07, 6.45) is 3.29. The molecule has 1 unspecified atom stereocenters. The van der Waals surface area contributed by atoms with Crippen LogP contribution < -0.4 is 5.32 Å². The molecule has 0 aromatic heterocycles. The maximum absolute atomic E-state index is 10.9. The molecule has 0 aliphatic heterocycles. The standard InChI is InChI=1S/C9H17NO2/c1-4-6-9(11)10-7-8(3)12-5-2/h4,6,8H,5,7H2,1-3H3,(H,10,11)/b6-4+. The van der Waals surface area contributed by atoms with Crippen molar-refractivity contribution in [1.82, 2.24) is 5.32 Å². The summed E-state index contributed by atoms with van der Waals surface area (Å²) in [5, 5.41) is 2.72. The van der Waals surface area contributed by atoms with E-state index in [0.29, 0.717) is 13.2 Å². The van der Waals surface area contributed by atoms with Gasteiger partial charge in [-0.1, -0.05) is 6.08 Å². The van der Waals surface area contributed by atoms with Crippen molar-refractivity contribution in [2.24, 2.45) is 0 Å². The Hall–Kier alpha value is -0.830. The van der Waals surface area contributed by atoms with E-state index in [0.717, 1.165) is 0 Å². The molecular formula is C9H17NO2. The zero-order valence-corrected chi connectivity index (χ0v) is 7.96. The van der Waals surface area contributed by atoms with Gasteiger partial charge in [0, 0.05) is 13.2 Å². The average Bonchev–Trinajstić information content (AvgIpc) is 2.02. The van der Waals surface area contributed by atoms with Gasteiger partial charge in [0.2, 0.25) is 5.91 Å². The topological polar surface area (TPSA) is 38.3 Å². The Morgan fingerprint density at radius 3 is 2.83 bits per heavy atom. The molecule has 0 radical (unpaired) electrons. The van der Waals surface area contributed by atoms with Gasteiger partial charge in [0.1, 0.15) is 0 Å². The van der Waals surface area contributed by atoms with Crippen LogP contribution in [0.4, 0.5) is 0 Å². The van der Waals surface area contributed by atoms with E-state index in [1.807, 2.05) is 20.8 Å². The lowest BCUT2D eigenvalue weighted by atomic mass is 10.4. The quantitative estimate of drug-likeness (QED) is 0.629. The van der Waals surface area contributed by atoms with Gasteiger partial charge in [-0.3, -0.25) is 4.79 Å². The van der Waals surface area contributed by atoms with Crippen molar-refractivity contribution < 1.29 is 9.53 Å². The fourth-order valence-electron chi connectivity index (χ4n) is 0.798. The molecule has 1 N–H and O–H groups in total. The predicted molar refractivity (Wildman–Crippen MR) is 48.9 cm³/mol. The number of nitrogens with one attached hydrogen (secondary N) is 1. The molecule has 0 aliphatic carbocycles. The summed E-state index contributed by atoms with van der Waals surface area (Å²) in [6.45, 7) is 6.92. The molecule has 70 valence electrons. The van der Waals surface area contributed by atoms with Crippen LogP contribution in [-0.2, 0) is 9.53 Å². The van der Waals surface area contributed by atoms with Gasteiger partial charge in [-0.15, -0.1) is 0 Å². The van der Waals surface area contributed by atoms with Crippen LogP contribution in [0.3, 0.4) is 0 Å². The highest BCUT2D eigenvalue weighted by atomic mass is 16.5. The lowest BCUT2D eigenvalue weighted by molar-refractivity contribution is -0.117. The van der Waals surface area contributed by atoms with Crippen LogP contribution in [0.1, 0.15) is 20.8 Å². The summed E-state index contributed by atoms with van der Waals surface area (Å²) in [7, 11) is 0. The number of ether oxygens (including phenoxy) is 1. The Bertz CT molecular complexity index is 155. The number of amides is 1. The fourth-order valence-corrected chi connectivity index (χ4v) is 0.798. The lowest BCUT2D eigenvalue weighted by Gasteiger charge is -2.10. The smallest absolute Gasteiger partial charge is 0.243 e. The van der Waals surface area contributed by atoms with Gasteiger partial charge in [0.25, 0.3) is 0 Å². The third kappa shape index (κ3) is 5.92. The molecule has 0 saturated heterocycles. The molecule has 0 heterocycles. The van der Waals surface area contributed by atoms with Gasteiger partial charge in [-0.05, 0) is 26.8 Å². The summed E-state index contributed by atoms with van der Waals surface area (Å²) in [6, 6.07) is 0. The van der Waals surface area contributed by atoms with E-state index in [-0.39, 0.29) is 12.0 Å². The minimum Gasteiger partial charge on any atom is -0.377 e. The normalized spacial score (nSPS) is 13.2. The fraction of sp³-hybridized carbons (Fsp3) is 0.667. The summed E-state index contributed by atoms with van der Waals surface area (Å²) in [4.78, 5) is 10.9. The van der Waals surface area contributed by atoms with E-state index in [1.165, 1.54) is 6.08 Å². The van der Waals surface area contributed by atoms with Crippen molar-refractivity contribution in [2.75, 3.05) is 13.2 Å². The van der Waals surface area contributed by atoms with Crippen molar-refractivity contribution in [2.45, 2.75) is 26.9 Å². The number of carbonyl (C=O) groups is 1. The van der Waals surface area contributed by atoms with Crippen LogP contribution >= 0.6 is 0 Å². The second-order valence-electron chi connectivity index (χ2n) is 2.51. The van der Waals surface area contributed by atoms with Crippen LogP contribution in [0.2, 0.25) is 0 Å². The molecule has 1 atom stereocenters. The third-order valence-corrected chi connectivity index (χ3v) is 1.33. The Morgan fingerprint density at radius 2 is 2.33 bits per heavy atom. The summed E-state index contributed by atoms with van der Waals surface area (Å²) >= 11 is 0. The van der Waals surface area contributed by atoms with Crippen molar-refractivity contribution in [1.29, 1.82) is 0 Å². The summed E-state index contributed by atoms with van der Waals surface area (Å²) in [5.41, 5.74) is 0. The first-order valence-electron chi connectivity index (χ1n) is 4.22. The van der Waals surface area contributed by atoms with Gasteiger partial charge in [0.15, 0.2) is 0 Å². The maximum atomic E-state index is 10.9. The first-order valence-corrected chi connectivity index (χ1v) is 4.22. The van der Waals surface area contributed by atoms with E-state index in [1.54, 1.807) is 6.08 Å². The zero-order valence-electron chi connectivity index (χ0n) is 7.96. The van der Waals surface area contributed by atoms with E-state index < -0.39 is 0 Å².